The van der Waals surface area contributed by atoms with Crippen molar-refractivity contribution in [3.05, 3.63) is 29.8 Å². The molecular weight excluding hydrogens is 214 g/mol. The number of aliphatic imine (C=N–C) groups is 1. The molecule has 0 unspecified atom stereocenters. The van der Waals surface area contributed by atoms with Crippen molar-refractivity contribution in [3.8, 4) is 0 Å². The number of rotatable bonds is 0. The Hall–Kier alpha value is -0.630. The van der Waals surface area contributed by atoms with Crippen LogP contribution in [0.2, 0.25) is 0 Å². The summed E-state index contributed by atoms with van der Waals surface area (Å²) in [6, 6.07) is 8.25. The van der Waals surface area contributed by atoms with E-state index in [1.54, 1.807) is 0 Å². The molecule has 2 rings (SSSR count). The largest absolute Gasteiger partial charge is 0.245 e. The van der Waals surface area contributed by atoms with E-state index >= 15 is 0 Å². The summed E-state index contributed by atoms with van der Waals surface area (Å²) in [6.45, 7) is 4.35. The van der Waals surface area contributed by atoms with Crippen LogP contribution in [0.4, 0.5) is 5.69 Å². The van der Waals surface area contributed by atoms with E-state index in [1.807, 2.05) is 12.1 Å². The Labute approximate surface area is 80.6 Å². The number of benzene rings is 1. The summed E-state index contributed by atoms with van der Waals surface area (Å²) in [5, 5.41) is 0. The summed E-state index contributed by atoms with van der Waals surface area (Å²) in [4.78, 5) is 4.44. The van der Waals surface area contributed by atoms with Crippen LogP contribution in [0, 0.1) is 0 Å². The minimum Gasteiger partial charge on any atom is -0.245 e. The van der Waals surface area contributed by atoms with E-state index in [-0.39, 0.29) is 5.41 Å². The van der Waals surface area contributed by atoms with Crippen molar-refractivity contribution in [2.24, 2.45) is 4.99 Å². The first-order chi connectivity index (χ1) is 5.62. The monoisotopic (exact) mass is 223 g/mol. The molecule has 0 saturated heterocycles. The Balaban J connectivity index is 2.66. The van der Waals surface area contributed by atoms with Crippen LogP contribution in [-0.2, 0) is 5.41 Å². The lowest BCUT2D eigenvalue weighted by Gasteiger charge is -2.17. The Kier molecular flexibility index (Phi) is 1.62. The first kappa shape index (κ1) is 7.99. The zero-order valence-electron chi connectivity index (χ0n) is 7.13. The predicted octanol–water partition coefficient (Wildman–Crippen LogP) is 3.40. The molecule has 1 aromatic rings. The number of hydrogen-bond donors (Lipinski definition) is 0. The van der Waals surface area contributed by atoms with Crippen LogP contribution in [0.25, 0.3) is 0 Å². The van der Waals surface area contributed by atoms with Crippen molar-refractivity contribution in [3.63, 3.8) is 0 Å². The molecule has 1 nitrogen and oxygen atoms in total. The van der Waals surface area contributed by atoms with Gasteiger partial charge in [-0.05, 0) is 41.4 Å². The highest BCUT2D eigenvalue weighted by molar-refractivity contribution is 9.18. The van der Waals surface area contributed by atoms with Gasteiger partial charge in [0.2, 0.25) is 0 Å². The van der Waals surface area contributed by atoms with Crippen LogP contribution in [0.15, 0.2) is 29.3 Å². The first-order valence-corrected chi connectivity index (χ1v) is 4.76. The zero-order chi connectivity index (χ0) is 8.77. The summed E-state index contributed by atoms with van der Waals surface area (Å²) in [5.74, 6) is 0. The Morgan fingerprint density at radius 3 is 2.58 bits per heavy atom. The molecule has 1 aromatic carbocycles. The van der Waals surface area contributed by atoms with E-state index in [1.165, 1.54) is 5.56 Å². The Morgan fingerprint density at radius 1 is 1.25 bits per heavy atom. The van der Waals surface area contributed by atoms with Crippen LogP contribution in [0.3, 0.4) is 0 Å². The van der Waals surface area contributed by atoms with E-state index < -0.39 is 0 Å². The van der Waals surface area contributed by atoms with Gasteiger partial charge in [-0.15, -0.1) is 0 Å². The minimum absolute atomic E-state index is 0.0522. The quantitative estimate of drug-likeness (QED) is 0.640. The van der Waals surface area contributed by atoms with Crippen LogP contribution in [0.1, 0.15) is 19.4 Å². The lowest BCUT2D eigenvalue weighted by molar-refractivity contribution is 0.749. The highest BCUT2D eigenvalue weighted by atomic mass is 79.9. The predicted molar refractivity (Wildman–Crippen MR) is 55.5 cm³/mol. The first-order valence-electron chi connectivity index (χ1n) is 3.96. The number of hydrogen-bond acceptors (Lipinski definition) is 1. The average molecular weight is 224 g/mol. The van der Waals surface area contributed by atoms with Gasteiger partial charge in [-0.2, -0.15) is 0 Å². The second kappa shape index (κ2) is 2.43. The molecular formula is C10H10BrN. The van der Waals surface area contributed by atoms with Gasteiger partial charge >= 0.3 is 0 Å². The van der Waals surface area contributed by atoms with Crippen LogP contribution >= 0.6 is 15.9 Å². The number of nitrogens with zero attached hydrogens (tertiary/aromatic N) is 1. The molecule has 0 aromatic heterocycles. The second-order valence-electron chi connectivity index (χ2n) is 3.54. The lowest BCUT2D eigenvalue weighted by atomic mass is 9.87. The second-order valence-corrected chi connectivity index (χ2v) is 4.30. The summed E-state index contributed by atoms with van der Waals surface area (Å²) < 4.78 is 1.02. The molecule has 0 N–H and O–H groups in total. The van der Waals surface area contributed by atoms with Gasteiger partial charge in [-0.1, -0.05) is 18.2 Å². The topological polar surface area (TPSA) is 12.4 Å². The van der Waals surface area contributed by atoms with Crippen LogP contribution < -0.4 is 0 Å². The fraction of sp³-hybridized carbons (Fsp3) is 0.300. The Bertz CT molecular complexity index is 353. The highest BCUT2D eigenvalue weighted by Gasteiger charge is 2.32. The van der Waals surface area contributed by atoms with Gasteiger partial charge in [0.15, 0.2) is 0 Å². The molecule has 0 fully saturated rings. The molecule has 0 saturated carbocycles. The molecule has 0 aliphatic carbocycles. The molecule has 1 heterocycles. The van der Waals surface area contributed by atoms with Crippen molar-refractivity contribution < 1.29 is 0 Å². The fourth-order valence-electron chi connectivity index (χ4n) is 1.46. The van der Waals surface area contributed by atoms with E-state index in [9.17, 15) is 0 Å². The third kappa shape index (κ3) is 0.944. The van der Waals surface area contributed by atoms with Crippen molar-refractivity contribution >= 4 is 26.2 Å². The number of halogens is 1. The maximum atomic E-state index is 4.44. The third-order valence-electron chi connectivity index (χ3n) is 2.31. The maximum absolute atomic E-state index is 4.44. The molecule has 0 atom stereocenters. The molecule has 0 amide bonds. The lowest BCUT2D eigenvalue weighted by Crippen LogP contribution is -2.20. The van der Waals surface area contributed by atoms with Gasteiger partial charge in [-0.3, -0.25) is 0 Å². The number of para-hydroxylation sites is 1. The molecule has 0 bridgehead atoms. The van der Waals surface area contributed by atoms with Gasteiger partial charge < -0.3 is 0 Å². The summed E-state index contributed by atoms with van der Waals surface area (Å²) >= 11 is 3.49. The van der Waals surface area contributed by atoms with Gasteiger partial charge in [0.1, 0.15) is 0 Å². The fourth-order valence-corrected chi connectivity index (χ4v) is 1.86. The molecule has 0 radical (unpaired) electrons. The van der Waals surface area contributed by atoms with Crippen molar-refractivity contribution in [2.75, 3.05) is 0 Å². The van der Waals surface area contributed by atoms with Crippen molar-refractivity contribution in [2.45, 2.75) is 19.3 Å². The average Bonchev–Trinajstić information content (AvgIpc) is 2.25. The van der Waals surface area contributed by atoms with Gasteiger partial charge in [0, 0.05) is 5.41 Å². The highest BCUT2D eigenvalue weighted by Crippen LogP contribution is 2.41. The van der Waals surface area contributed by atoms with Crippen molar-refractivity contribution in [1.82, 2.24) is 0 Å². The van der Waals surface area contributed by atoms with Gasteiger partial charge in [0.05, 0.1) is 10.3 Å². The van der Waals surface area contributed by atoms with Gasteiger partial charge in [-0.25, -0.2) is 4.99 Å². The zero-order valence-corrected chi connectivity index (χ0v) is 8.72. The molecule has 12 heavy (non-hydrogen) atoms. The molecule has 2 heteroatoms. The SMILES string of the molecule is CC1(C)C(Br)=Nc2ccccc21. The third-order valence-corrected chi connectivity index (χ3v) is 3.48. The maximum Gasteiger partial charge on any atom is 0.0937 e. The van der Waals surface area contributed by atoms with Crippen molar-refractivity contribution in [1.29, 1.82) is 0 Å². The molecule has 1 aliphatic rings. The summed E-state index contributed by atoms with van der Waals surface area (Å²) in [6.07, 6.45) is 0. The number of fused-ring (bicyclic) bond motifs is 1. The van der Waals surface area contributed by atoms with E-state index in [4.69, 9.17) is 0 Å². The van der Waals surface area contributed by atoms with E-state index in [2.05, 4.69) is 46.9 Å². The van der Waals surface area contributed by atoms with Gasteiger partial charge in [0.25, 0.3) is 0 Å². The smallest absolute Gasteiger partial charge is 0.0937 e. The minimum atomic E-state index is 0.0522. The summed E-state index contributed by atoms with van der Waals surface area (Å²) in [5.41, 5.74) is 2.45. The van der Waals surface area contributed by atoms with E-state index in [0.717, 1.165) is 10.3 Å². The van der Waals surface area contributed by atoms with E-state index in [0.29, 0.717) is 0 Å². The molecule has 62 valence electrons. The Morgan fingerprint density at radius 2 is 1.92 bits per heavy atom. The van der Waals surface area contributed by atoms with Crippen LogP contribution in [0.5, 0.6) is 0 Å². The normalized spacial score (nSPS) is 18.8. The molecule has 1 aliphatic heterocycles. The summed E-state index contributed by atoms with van der Waals surface area (Å²) in [7, 11) is 0. The molecule has 0 spiro atoms. The standard InChI is InChI=1S/C10H10BrN/c1-10(2)7-5-3-4-6-8(7)12-9(10)11/h3-6H,1-2H3. The van der Waals surface area contributed by atoms with Crippen LogP contribution in [-0.4, -0.2) is 4.62 Å².